The van der Waals surface area contributed by atoms with Crippen molar-refractivity contribution in [1.29, 1.82) is 0 Å². The highest BCUT2D eigenvalue weighted by molar-refractivity contribution is 7.13. The van der Waals surface area contributed by atoms with Crippen LogP contribution >= 0.6 is 11.3 Å². The number of hydrogen-bond donors (Lipinski definition) is 2. The summed E-state index contributed by atoms with van der Waals surface area (Å²) in [4.78, 5) is 34.7. The molecule has 0 aliphatic carbocycles. The number of aromatic nitrogens is 3. The fraction of sp³-hybridized carbons (Fsp3) is 0.0667. The minimum absolute atomic E-state index is 0.0157. The molecule has 132 valence electrons. The Morgan fingerprint density at radius 1 is 1.19 bits per heavy atom. The molecule has 0 saturated heterocycles. The molecule has 1 aromatic carbocycles. The maximum Gasteiger partial charge on any atom is 0.353 e. The van der Waals surface area contributed by atoms with Gasteiger partial charge in [0.2, 0.25) is 11.6 Å². The van der Waals surface area contributed by atoms with Gasteiger partial charge in [0.1, 0.15) is 6.33 Å². The quantitative estimate of drug-likeness (QED) is 0.380. The Labute approximate surface area is 151 Å². The van der Waals surface area contributed by atoms with Gasteiger partial charge in [-0.25, -0.2) is 19.7 Å². The molecule has 0 amide bonds. The Hall–Kier alpha value is -3.60. The van der Waals surface area contributed by atoms with Crippen LogP contribution in [0.3, 0.4) is 0 Å². The van der Waals surface area contributed by atoms with Gasteiger partial charge in [0, 0.05) is 11.6 Å². The molecule has 11 heteroatoms. The topological polar surface area (TPSA) is 132 Å². The van der Waals surface area contributed by atoms with Gasteiger partial charge in [-0.3, -0.25) is 10.1 Å². The second-order valence-corrected chi connectivity index (χ2v) is 5.70. The lowest BCUT2D eigenvalue weighted by Gasteiger charge is -2.11. The first-order valence-corrected chi connectivity index (χ1v) is 8.08. The van der Waals surface area contributed by atoms with E-state index in [4.69, 9.17) is 4.74 Å². The average Bonchev–Trinajstić information content (AvgIpc) is 3.14. The number of esters is 1. The molecule has 3 rings (SSSR count). The molecule has 3 aromatic rings. The first-order valence-electron chi connectivity index (χ1n) is 7.20. The Balaban J connectivity index is 2.01. The van der Waals surface area contributed by atoms with E-state index in [1.807, 2.05) is 0 Å². The van der Waals surface area contributed by atoms with Crippen molar-refractivity contribution in [1.82, 2.24) is 15.0 Å². The lowest BCUT2D eigenvalue weighted by atomic mass is 10.2. The number of nitrogens with one attached hydrogen (secondary N) is 2. The lowest BCUT2D eigenvalue weighted by Crippen LogP contribution is -2.09. The zero-order chi connectivity index (χ0) is 18.5. The number of benzene rings is 1. The SMILES string of the molecule is COC(=O)c1ccccc1Nc1ncnc(Nc2nccs2)c1[N+](=O)[O-]. The van der Waals surface area contributed by atoms with Crippen molar-refractivity contribution in [3.8, 4) is 0 Å². The maximum atomic E-state index is 11.9. The molecule has 0 bridgehead atoms. The van der Waals surface area contributed by atoms with Gasteiger partial charge in [0.15, 0.2) is 5.13 Å². The molecule has 0 atom stereocenters. The smallest absolute Gasteiger partial charge is 0.353 e. The van der Waals surface area contributed by atoms with Gasteiger partial charge >= 0.3 is 11.7 Å². The summed E-state index contributed by atoms with van der Waals surface area (Å²) in [6.07, 6.45) is 2.73. The van der Waals surface area contributed by atoms with E-state index in [0.717, 1.165) is 0 Å². The third-order valence-electron chi connectivity index (χ3n) is 3.25. The van der Waals surface area contributed by atoms with Crippen molar-refractivity contribution in [2.45, 2.75) is 0 Å². The fourth-order valence-electron chi connectivity index (χ4n) is 2.13. The highest BCUT2D eigenvalue weighted by Gasteiger charge is 2.25. The standard InChI is InChI=1S/C15H12N6O4S/c1-25-14(22)9-4-2-3-5-10(9)19-12-11(21(23)24)13(18-8-17-12)20-15-16-6-7-26-15/h2-8H,1H3,(H2,16,17,18,19,20). The van der Waals surface area contributed by atoms with E-state index in [1.54, 1.807) is 29.8 Å². The molecule has 26 heavy (non-hydrogen) atoms. The van der Waals surface area contributed by atoms with Crippen molar-refractivity contribution in [2.75, 3.05) is 17.7 Å². The fourth-order valence-corrected chi connectivity index (χ4v) is 2.66. The molecule has 2 N–H and O–H groups in total. The van der Waals surface area contributed by atoms with Crippen LogP contribution in [0.25, 0.3) is 0 Å². The number of anilines is 4. The van der Waals surface area contributed by atoms with Gasteiger partial charge in [0.05, 0.1) is 23.3 Å². The van der Waals surface area contributed by atoms with E-state index in [-0.39, 0.29) is 22.9 Å². The van der Waals surface area contributed by atoms with E-state index in [0.29, 0.717) is 10.8 Å². The second kappa shape index (κ2) is 7.53. The summed E-state index contributed by atoms with van der Waals surface area (Å²) >= 11 is 1.27. The van der Waals surface area contributed by atoms with Crippen LogP contribution in [0, 0.1) is 10.1 Å². The number of ether oxygens (including phenoxy) is 1. The molecule has 0 unspecified atom stereocenters. The minimum Gasteiger partial charge on any atom is -0.465 e. The number of nitro groups is 1. The Morgan fingerprint density at radius 2 is 1.92 bits per heavy atom. The Morgan fingerprint density at radius 3 is 2.58 bits per heavy atom. The molecule has 0 aliphatic heterocycles. The van der Waals surface area contributed by atoms with Crippen molar-refractivity contribution in [3.63, 3.8) is 0 Å². The monoisotopic (exact) mass is 372 g/mol. The van der Waals surface area contributed by atoms with Gasteiger partial charge in [-0.2, -0.15) is 0 Å². The van der Waals surface area contributed by atoms with E-state index in [9.17, 15) is 14.9 Å². The van der Waals surface area contributed by atoms with Crippen LogP contribution in [-0.4, -0.2) is 33.0 Å². The number of rotatable bonds is 6. The van der Waals surface area contributed by atoms with Crippen LogP contribution in [0.2, 0.25) is 0 Å². The first-order chi connectivity index (χ1) is 12.6. The summed E-state index contributed by atoms with van der Waals surface area (Å²) in [5.41, 5.74) is 0.168. The van der Waals surface area contributed by atoms with Gasteiger partial charge < -0.3 is 15.4 Å². The molecule has 10 nitrogen and oxygen atoms in total. The number of thiazole rings is 1. The van der Waals surface area contributed by atoms with Crippen LogP contribution in [0.15, 0.2) is 42.2 Å². The number of hydrogen-bond acceptors (Lipinski definition) is 10. The van der Waals surface area contributed by atoms with Gasteiger partial charge in [-0.1, -0.05) is 12.1 Å². The van der Waals surface area contributed by atoms with Crippen molar-refractivity contribution in [2.24, 2.45) is 0 Å². The molecular formula is C15H12N6O4S. The van der Waals surface area contributed by atoms with Crippen molar-refractivity contribution < 1.29 is 14.5 Å². The van der Waals surface area contributed by atoms with Crippen molar-refractivity contribution >= 4 is 45.4 Å². The third kappa shape index (κ3) is 3.57. The Bertz CT molecular complexity index is 947. The zero-order valence-corrected chi connectivity index (χ0v) is 14.2. The minimum atomic E-state index is -0.612. The predicted octanol–water partition coefficient (Wildman–Crippen LogP) is 3.12. The number of para-hydroxylation sites is 1. The predicted molar refractivity (Wildman–Crippen MR) is 95.1 cm³/mol. The number of carbonyl (C=O) groups excluding carboxylic acids is 1. The number of methoxy groups -OCH3 is 1. The molecule has 2 aromatic heterocycles. The summed E-state index contributed by atoms with van der Waals surface area (Å²) in [7, 11) is 1.25. The van der Waals surface area contributed by atoms with Crippen LogP contribution in [0.4, 0.5) is 28.1 Å². The van der Waals surface area contributed by atoms with Crippen LogP contribution in [0.1, 0.15) is 10.4 Å². The van der Waals surface area contributed by atoms with Gasteiger partial charge in [-0.15, -0.1) is 11.3 Å². The van der Waals surface area contributed by atoms with Crippen LogP contribution < -0.4 is 10.6 Å². The van der Waals surface area contributed by atoms with E-state index < -0.39 is 10.9 Å². The normalized spacial score (nSPS) is 10.2. The summed E-state index contributed by atoms with van der Waals surface area (Å²) in [6, 6.07) is 6.46. The summed E-state index contributed by atoms with van der Waals surface area (Å²) in [6.45, 7) is 0. The van der Waals surface area contributed by atoms with E-state index in [2.05, 4.69) is 25.6 Å². The van der Waals surface area contributed by atoms with Crippen LogP contribution in [0.5, 0.6) is 0 Å². The number of nitrogens with zero attached hydrogens (tertiary/aromatic N) is 4. The summed E-state index contributed by atoms with van der Waals surface area (Å²) in [5.74, 6) is -0.663. The second-order valence-electron chi connectivity index (χ2n) is 4.80. The average molecular weight is 372 g/mol. The Kier molecular flexibility index (Phi) is 4.99. The highest BCUT2D eigenvalue weighted by Crippen LogP contribution is 2.34. The highest BCUT2D eigenvalue weighted by atomic mass is 32.1. The molecule has 0 fully saturated rings. The molecule has 0 aliphatic rings. The summed E-state index contributed by atoms with van der Waals surface area (Å²) < 4.78 is 4.72. The van der Waals surface area contributed by atoms with Crippen LogP contribution in [-0.2, 0) is 4.74 Å². The van der Waals surface area contributed by atoms with E-state index in [1.165, 1.54) is 30.8 Å². The molecule has 0 spiro atoms. The number of carbonyl (C=O) groups is 1. The van der Waals surface area contributed by atoms with Gasteiger partial charge in [0.25, 0.3) is 0 Å². The molecular weight excluding hydrogens is 360 g/mol. The van der Waals surface area contributed by atoms with Crippen molar-refractivity contribution in [3.05, 3.63) is 57.8 Å². The molecule has 0 saturated carbocycles. The molecule has 0 radical (unpaired) electrons. The maximum absolute atomic E-state index is 11.9. The summed E-state index contributed by atoms with van der Waals surface area (Å²) in [5, 5.41) is 19.3. The lowest BCUT2D eigenvalue weighted by molar-refractivity contribution is -0.383. The first kappa shape index (κ1) is 17.2. The molecule has 2 heterocycles. The zero-order valence-electron chi connectivity index (χ0n) is 13.4. The van der Waals surface area contributed by atoms with E-state index >= 15 is 0 Å². The van der Waals surface area contributed by atoms with Gasteiger partial charge in [-0.05, 0) is 12.1 Å². The third-order valence-corrected chi connectivity index (χ3v) is 3.94. The largest absolute Gasteiger partial charge is 0.465 e.